The molecule has 0 fully saturated rings. The van der Waals surface area contributed by atoms with E-state index in [4.69, 9.17) is 25.4 Å². The van der Waals surface area contributed by atoms with Crippen molar-refractivity contribution in [1.82, 2.24) is 25.8 Å². The lowest BCUT2D eigenvalue weighted by Gasteiger charge is -2.25. The Labute approximate surface area is 360 Å². The molecule has 0 saturated carbocycles. The lowest BCUT2D eigenvalue weighted by atomic mass is 10.1. The zero-order valence-corrected chi connectivity index (χ0v) is 37.4. The van der Waals surface area contributed by atoms with Crippen LogP contribution in [0.1, 0.15) is 111 Å². The van der Waals surface area contributed by atoms with Gasteiger partial charge in [0, 0.05) is 64.7 Å². The van der Waals surface area contributed by atoms with Crippen LogP contribution in [0, 0.1) is 5.41 Å². The lowest BCUT2D eigenvalue weighted by Crippen LogP contribution is -2.45. The Bertz CT molecular complexity index is 1040. The van der Waals surface area contributed by atoms with Gasteiger partial charge in [-0.05, 0) is 51.7 Å². The minimum atomic E-state index is -1.76. The Hall–Kier alpha value is -1.91. The molecule has 6 atom stereocenters. The number of aliphatic hydroxyl groups is 6. The minimum absolute atomic E-state index is 0.0376. The third-order valence-corrected chi connectivity index (χ3v) is 10.1. The van der Waals surface area contributed by atoms with Gasteiger partial charge in [-0.15, -0.1) is 0 Å². The molecule has 0 aliphatic rings. The van der Waals surface area contributed by atoms with Gasteiger partial charge >= 0.3 is 11.9 Å². The van der Waals surface area contributed by atoms with Crippen molar-refractivity contribution in [2.75, 3.05) is 105 Å². The van der Waals surface area contributed by atoms with Gasteiger partial charge in [0.05, 0.1) is 26.1 Å². The number of carbonyl (C=O) groups is 2. The Morgan fingerprint density at radius 3 is 1.63 bits per heavy atom. The second-order valence-corrected chi connectivity index (χ2v) is 15.6. The fraction of sp³-hybridized carbons (Fsp3) is 0.929. The van der Waals surface area contributed by atoms with Gasteiger partial charge in [-0.1, -0.05) is 65.7 Å². The Morgan fingerprint density at radius 1 is 0.533 bits per heavy atom. The first-order valence-corrected chi connectivity index (χ1v) is 22.7. The third kappa shape index (κ3) is 32.8. The summed E-state index contributed by atoms with van der Waals surface area (Å²) in [4.78, 5) is 28.9. The van der Waals surface area contributed by atoms with E-state index in [-0.39, 0.29) is 19.3 Å². The largest absolute Gasteiger partial charge is 0.463 e. The van der Waals surface area contributed by atoms with E-state index < -0.39 is 75.0 Å². The fourth-order valence-corrected chi connectivity index (χ4v) is 6.04. The van der Waals surface area contributed by atoms with Gasteiger partial charge in [-0.25, -0.2) is 0 Å². The summed E-state index contributed by atoms with van der Waals surface area (Å²) < 4.78 is 15.2. The standard InChI is InChI=1S/C42H87N7O11/c1-4-7-10-11-12-13-20-47-33-49(24-9-6-3)25-17-34(44)14-15-39(54)59-31-37(52)41(56)35(50)29-58-30-36(51)42(57)38(53)32-60-40(55)16-21-46-23-28-48(26-18-43)27-22-45-19-8-5-2/h35-38,41-42,44-47,50-53,56-57H,4-33,43H2,1-3H3. The predicted molar refractivity (Wildman–Crippen MR) is 234 cm³/mol. The van der Waals surface area contributed by atoms with Gasteiger partial charge in [-0.3, -0.25) is 19.4 Å². The van der Waals surface area contributed by atoms with Crippen molar-refractivity contribution in [2.24, 2.45) is 5.73 Å². The topological polar surface area (TPSA) is 276 Å². The number of hydrogen-bond donors (Lipinski definition) is 11. The number of hydrogen-bond acceptors (Lipinski definition) is 18. The van der Waals surface area contributed by atoms with E-state index in [1.54, 1.807) is 0 Å². The van der Waals surface area contributed by atoms with E-state index in [0.717, 1.165) is 84.6 Å². The van der Waals surface area contributed by atoms with E-state index in [0.29, 0.717) is 38.3 Å². The van der Waals surface area contributed by atoms with Crippen molar-refractivity contribution in [3.63, 3.8) is 0 Å². The molecule has 0 radical (unpaired) electrons. The monoisotopic (exact) mass is 866 g/mol. The number of aliphatic hydroxyl groups excluding tert-OH is 6. The number of rotatable bonds is 44. The van der Waals surface area contributed by atoms with Gasteiger partial charge in [0.15, 0.2) is 0 Å². The molecule has 356 valence electrons. The van der Waals surface area contributed by atoms with Crippen LogP contribution >= 0.6 is 0 Å². The second kappa shape index (κ2) is 39.9. The summed E-state index contributed by atoms with van der Waals surface area (Å²) in [6.45, 7) is 13.5. The van der Waals surface area contributed by atoms with Crippen LogP contribution in [0.25, 0.3) is 0 Å². The van der Waals surface area contributed by atoms with Crippen LogP contribution in [0.2, 0.25) is 0 Å². The molecule has 0 aliphatic carbocycles. The molecule has 18 nitrogen and oxygen atoms in total. The van der Waals surface area contributed by atoms with Crippen molar-refractivity contribution in [3.05, 3.63) is 0 Å². The van der Waals surface area contributed by atoms with Crippen LogP contribution in [-0.2, 0) is 23.8 Å². The summed E-state index contributed by atoms with van der Waals surface area (Å²) in [5.74, 6) is -1.25. The Kier molecular flexibility index (Phi) is 38.6. The van der Waals surface area contributed by atoms with Gasteiger partial charge < -0.3 is 71.9 Å². The number of nitrogens with one attached hydrogen (secondary N) is 4. The smallest absolute Gasteiger partial charge is 0.307 e. The number of carbonyl (C=O) groups excluding carboxylic acids is 2. The van der Waals surface area contributed by atoms with Gasteiger partial charge in [-0.2, -0.15) is 0 Å². The molecule has 0 aromatic heterocycles. The molecular weight excluding hydrogens is 778 g/mol. The van der Waals surface area contributed by atoms with E-state index in [9.17, 15) is 40.2 Å². The number of nitrogens with zero attached hydrogens (tertiary/aromatic N) is 2. The SMILES string of the molecule is CCCCCCCCNCN(CCCC)CCC(=N)CCC(=O)OCC(O)C(O)C(O)COCC(O)C(O)C(O)COC(=O)CCNCCN(CCN)CCNCCCC. The maximum Gasteiger partial charge on any atom is 0.307 e. The van der Waals surface area contributed by atoms with Crippen molar-refractivity contribution in [3.8, 4) is 0 Å². The first-order valence-electron chi connectivity index (χ1n) is 22.7. The van der Waals surface area contributed by atoms with E-state index in [2.05, 4.69) is 46.5 Å². The summed E-state index contributed by atoms with van der Waals surface area (Å²) in [6.07, 6.45) is 2.60. The van der Waals surface area contributed by atoms with Gasteiger partial charge in [0.25, 0.3) is 0 Å². The summed E-state index contributed by atoms with van der Waals surface area (Å²) in [7, 11) is 0. The van der Waals surface area contributed by atoms with Crippen LogP contribution in [-0.4, -0.2) is 200 Å². The highest BCUT2D eigenvalue weighted by molar-refractivity contribution is 5.85. The molecule has 0 spiro atoms. The van der Waals surface area contributed by atoms with Gasteiger partial charge in [0.1, 0.15) is 49.8 Å². The molecule has 0 aromatic carbocycles. The number of unbranched alkanes of at least 4 members (excludes halogenated alkanes) is 7. The second-order valence-electron chi connectivity index (χ2n) is 15.6. The number of ether oxygens (including phenoxy) is 3. The van der Waals surface area contributed by atoms with Crippen molar-refractivity contribution in [1.29, 1.82) is 5.41 Å². The van der Waals surface area contributed by atoms with Crippen LogP contribution in [0.3, 0.4) is 0 Å². The van der Waals surface area contributed by atoms with Crippen LogP contribution in [0.4, 0.5) is 0 Å². The predicted octanol–water partition coefficient (Wildman–Crippen LogP) is 0.0847. The molecule has 12 N–H and O–H groups in total. The summed E-state index contributed by atoms with van der Waals surface area (Å²) in [6, 6.07) is 0. The average Bonchev–Trinajstić information content (AvgIpc) is 3.24. The first kappa shape index (κ1) is 58.1. The average molecular weight is 866 g/mol. The van der Waals surface area contributed by atoms with Crippen molar-refractivity contribution >= 4 is 17.7 Å². The molecule has 0 saturated heterocycles. The molecule has 0 aliphatic heterocycles. The summed E-state index contributed by atoms with van der Waals surface area (Å²) >= 11 is 0. The van der Waals surface area contributed by atoms with E-state index in [1.165, 1.54) is 32.1 Å². The molecule has 18 heteroatoms. The van der Waals surface area contributed by atoms with E-state index in [1.807, 2.05) is 0 Å². The molecular formula is C42H87N7O11. The highest BCUT2D eigenvalue weighted by Crippen LogP contribution is 2.08. The molecule has 0 bridgehead atoms. The quantitative estimate of drug-likeness (QED) is 0.0168. The van der Waals surface area contributed by atoms with Gasteiger partial charge in [0.2, 0.25) is 0 Å². The molecule has 0 heterocycles. The summed E-state index contributed by atoms with van der Waals surface area (Å²) in [5, 5.41) is 79.9. The highest BCUT2D eigenvalue weighted by Gasteiger charge is 2.29. The number of nitrogens with two attached hydrogens (primary N) is 1. The van der Waals surface area contributed by atoms with Crippen LogP contribution in [0.5, 0.6) is 0 Å². The zero-order chi connectivity index (χ0) is 44.8. The van der Waals surface area contributed by atoms with Crippen LogP contribution < -0.4 is 21.7 Å². The molecule has 6 unspecified atom stereocenters. The van der Waals surface area contributed by atoms with Crippen molar-refractivity contribution in [2.45, 2.75) is 147 Å². The highest BCUT2D eigenvalue weighted by atomic mass is 16.6. The van der Waals surface area contributed by atoms with Crippen molar-refractivity contribution < 1.29 is 54.4 Å². The Balaban J connectivity index is 4.27. The van der Waals surface area contributed by atoms with E-state index >= 15 is 0 Å². The minimum Gasteiger partial charge on any atom is -0.463 e. The first-order chi connectivity index (χ1) is 28.9. The number of esters is 2. The fourth-order valence-electron chi connectivity index (χ4n) is 6.04. The molecule has 0 rings (SSSR count). The normalized spacial score (nSPS) is 14.9. The van der Waals surface area contributed by atoms with Crippen LogP contribution in [0.15, 0.2) is 0 Å². The molecule has 60 heavy (non-hydrogen) atoms. The molecule has 0 aromatic rings. The maximum absolute atomic E-state index is 12.3. The molecule has 0 amide bonds. The lowest BCUT2D eigenvalue weighted by molar-refractivity contribution is -0.156. The Morgan fingerprint density at radius 2 is 1.05 bits per heavy atom. The summed E-state index contributed by atoms with van der Waals surface area (Å²) in [5.41, 5.74) is 6.14. The maximum atomic E-state index is 12.3. The third-order valence-electron chi connectivity index (χ3n) is 10.1. The zero-order valence-electron chi connectivity index (χ0n) is 37.4.